The van der Waals surface area contributed by atoms with Crippen molar-refractivity contribution in [2.75, 3.05) is 6.61 Å². The molecule has 0 aromatic heterocycles. The minimum Gasteiger partial charge on any atom is -0.481 e. The minimum absolute atomic E-state index is 0.0119. The monoisotopic (exact) mass is 513 g/mol. The molecule has 4 rings (SSSR count). The van der Waals surface area contributed by atoms with Crippen LogP contribution >= 0.6 is 11.6 Å². The first-order valence-corrected chi connectivity index (χ1v) is 12.4. The average molecular weight is 514 g/mol. The van der Waals surface area contributed by atoms with E-state index in [0.29, 0.717) is 42.5 Å². The maximum absolute atomic E-state index is 12.8. The van der Waals surface area contributed by atoms with Crippen LogP contribution in [0.1, 0.15) is 68.6 Å². The largest absolute Gasteiger partial charge is 0.481 e. The SMILES string of the molecule is CC(F)(F)OC1CC(OCC(=O)NC2CCC(CC(=O)[C@H]3CC(=O)c4cc(Cl)ccc4O3)CC2)C1. The van der Waals surface area contributed by atoms with E-state index in [9.17, 15) is 23.2 Å². The number of rotatable bonds is 9. The molecule has 1 aromatic carbocycles. The lowest BCUT2D eigenvalue weighted by Crippen LogP contribution is -2.44. The number of hydrogen-bond acceptors (Lipinski definition) is 6. The summed E-state index contributed by atoms with van der Waals surface area (Å²) in [7, 11) is 0. The molecule has 2 saturated carbocycles. The number of hydrogen-bond donors (Lipinski definition) is 1. The van der Waals surface area contributed by atoms with E-state index < -0.39 is 18.3 Å². The van der Waals surface area contributed by atoms with Crippen molar-refractivity contribution in [3.8, 4) is 5.75 Å². The van der Waals surface area contributed by atoms with Crippen LogP contribution < -0.4 is 10.1 Å². The first-order valence-electron chi connectivity index (χ1n) is 12.0. The van der Waals surface area contributed by atoms with Gasteiger partial charge in [0.25, 0.3) is 0 Å². The predicted molar refractivity (Wildman–Crippen MR) is 123 cm³/mol. The molecule has 7 nitrogen and oxygen atoms in total. The quantitative estimate of drug-likeness (QED) is 0.523. The molecule has 1 amide bonds. The summed E-state index contributed by atoms with van der Waals surface area (Å²) in [4.78, 5) is 37.4. The van der Waals surface area contributed by atoms with Crippen LogP contribution in [0.4, 0.5) is 8.78 Å². The van der Waals surface area contributed by atoms with E-state index in [4.69, 9.17) is 21.1 Å². The van der Waals surface area contributed by atoms with E-state index >= 15 is 0 Å². The van der Waals surface area contributed by atoms with Gasteiger partial charge in [-0.2, -0.15) is 8.78 Å². The van der Waals surface area contributed by atoms with Crippen LogP contribution in [0.5, 0.6) is 5.75 Å². The second-order valence-corrected chi connectivity index (χ2v) is 10.2. The van der Waals surface area contributed by atoms with E-state index in [-0.39, 0.29) is 48.6 Å². The topological polar surface area (TPSA) is 90.9 Å². The van der Waals surface area contributed by atoms with Gasteiger partial charge in [0.05, 0.1) is 24.2 Å². The normalized spacial score (nSPS) is 28.5. The Morgan fingerprint density at radius 1 is 1.17 bits per heavy atom. The highest BCUT2D eigenvalue weighted by molar-refractivity contribution is 6.31. The van der Waals surface area contributed by atoms with Crippen LogP contribution in [0.3, 0.4) is 0 Å². The van der Waals surface area contributed by atoms with Crippen LogP contribution in [0.25, 0.3) is 0 Å². The number of carbonyl (C=O) groups is 3. The molecule has 0 saturated heterocycles. The van der Waals surface area contributed by atoms with Gasteiger partial charge < -0.3 is 19.5 Å². The first-order chi connectivity index (χ1) is 16.6. The molecule has 1 heterocycles. The Kier molecular flexibility index (Phi) is 8.08. The van der Waals surface area contributed by atoms with Gasteiger partial charge in [-0.1, -0.05) is 11.6 Å². The Morgan fingerprint density at radius 3 is 2.57 bits per heavy atom. The van der Waals surface area contributed by atoms with Gasteiger partial charge in [-0.15, -0.1) is 0 Å². The highest BCUT2D eigenvalue weighted by Gasteiger charge is 2.38. The zero-order valence-electron chi connectivity index (χ0n) is 19.6. The van der Waals surface area contributed by atoms with Crippen molar-refractivity contribution in [1.29, 1.82) is 0 Å². The van der Waals surface area contributed by atoms with Gasteiger partial charge >= 0.3 is 6.11 Å². The van der Waals surface area contributed by atoms with Crippen LogP contribution in [0.2, 0.25) is 5.02 Å². The molecule has 2 fully saturated rings. The Balaban J connectivity index is 1.13. The number of alkyl halides is 2. The number of halogens is 3. The number of fused-ring (bicyclic) bond motifs is 1. The fraction of sp³-hybridized carbons (Fsp3) is 0.640. The third kappa shape index (κ3) is 7.21. The number of benzene rings is 1. The van der Waals surface area contributed by atoms with Gasteiger partial charge in [0.1, 0.15) is 12.4 Å². The van der Waals surface area contributed by atoms with Crippen molar-refractivity contribution in [2.45, 2.75) is 88.8 Å². The summed E-state index contributed by atoms with van der Waals surface area (Å²) < 4.78 is 41.4. The number of ketones is 2. The first kappa shape index (κ1) is 26.0. The van der Waals surface area contributed by atoms with Gasteiger partial charge in [-0.25, -0.2) is 0 Å². The molecule has 0 radical (unpaired) electrons. The molecule has 0 spiro atoms. The Bertz CT molecular complexity index is 954. The molecule has 1 aromatic rings. The van der Waals surface area contributed by atoms with Gasteiger partial charge in [-0.3, -0.25) is 14.4 Å². The van der Waals surface area contributed by atoms with Gasteiger partial charge in [-0.05, 0) is 49.8 Å². The Labute approximate surface area is 207 Å². The van der Waals surface area contributed by atoms with E-state index in [2.05, 4.69) is 10.1 Å². The van der Waals surface area contributed by atoms with E-state index in [1.54, 1.807) is 18.2 Å². The molecular weight excluding hydrogens is 484 g/mol. The van der Waals surface area contributed by atoms with Crippen LogP contribution in [0.15, 0.2) is 18.2 Å². The molecule has 3 aliphatic rings. The smallest absolute Gasteiger partial charge is 0.353 e. The summed E-state index contributed by atoms with van der Waals surface area (Å²) >= 11 is 5.94. The molecule has 0 bridgehead atoms. The number of amides is 1. The lowest BCUT2D eigenvalue weighted by molar-refractivity contribution is -0.275. The molecular formula is C25H30ClF2NO6. The summed E-state index contributed by atoms with van der Waals surface area (Å²) in [5.41, 5.74) is 0.412. The van der Waals surface area contributed by atoms with Crippen molar-refractivity contribution in [1.82, 2.24) is 5.32 Å². The van der Waals surface area contributed by atoms with Gasteiger partial charge in [0.2, 0.25) is 5.91 Å². The maximum atomic E-state index is 12.8. The van der Waals surface area contributed by atoms with Crippen molar-refractivity contribution in [3.05, 3.63) is 28.8 Å². The molecule has 192 valence electrons. The molecule has 1 N–H and O–H groups in total. The fourth-order valence-corrected chi connectivity index (χ4v) is 5.08. The maximum Gasteiger partial charge on any atom is 0.353 e. The third-order valence-electron chi connectivity index (χ3n) is 6.82. The molecule has 35 heavy (non-hydrogen) atoms. The molecule has 1 aliphatic heterocycles. The van der Waals surface area contributed by atoms with E-state index in [0.717, 1.165) is 25.7 Å². The predicted octanol–water partition coefficient (Wildman–Crippen LogP) is 4.48. The lowest BCUT2D eigenvalue weighted by Gasteiger charge is -2.36. The second kappa shape index (κ2) is 10.9. The summed E-state index contributed by atoms with van der Waals surface area (Å²) in [6.45, 7) is 0.595. The molecule has 10 heteroatoms. The minimum atomic E-state index is -3.16. The number of nitrogens with one attached hydrogen (secondary N) is 1. The fourth-order valence-electron chi connectivity index (χ4n) is 4.91. The average Bonchev–Trinajstić information content (AvgIpc) is 2.76. The Morgan fingerprint density at radius 2 is 1.89 bits per heavy atom. The summed E-state index contributed by atoms with van der Waals surface area (Å²) in [6.07, 6.45) is -0.562. The molecule has 0 unspecified atom stereocenters. The Hall–Kier alpha value is -2.10. The highest BCUT2D eigenvalue weighted by atomic mass is 35.5. The van der Waals surface area contributed by atoms with Crippen LogP contribution in [-0.2, 0) is 19.1 Å². The summed E-state index contributed by atoms with van der Waals surface area (Å²) in [6, 6.07) is 4.82. The van der Waals surface area contributed by atoms with E-state index in [1.807, 2.05) is 0 Å². The van der Waals surface area contributed by atoms with Crippen molar-refractivity contribution in [3.63, 3.8) is 0 Å². The van der Waals surface area contributed by atoms with Crippen LogP contribution in [-0.4, -0.2) is 54.5 Å². The van der Waals surface area contributed by atoms with Crippen molar-refractivity contribution >= 4 is 29.1 Å². The number of carbonyl (C=O) groups excluding carboxylic acids is 3. The second-order valence-electron chi connectivity index (χ2n) is 9.78. The van der Waals surface area contributed by atoms with Gasteiger partial charge in [0, 0.05) is 37.3 Å². The molecule has 1 atom stereocenters. The zero-order chi connectivity index (χ0) is 25.2. The standard InChI is InChI=1S/C25H30ClF2NO6/c1-25(27,28)35-18-10-17(11-18)33-13-24(32)29-16-5-2-14(3-6-16)8-21(31)23-12-20(30)19-9-15(26)4-7-22(19)34-23/h4,7,9,14,16-18,23H,2-3,5-6,8,10-13H2,1H3,(H,29,32)/t14?,16?,17?,18?,23-/m1/s1. The highest BCUT2D eigenvalue weighted by Crippen LogP contribution is 2.33. The third-order valence-corrected chi connectivity index (χ3v) is 7.05. The van der Waals surface area contributed by atoms with Crippen LogP contribution in [0, 0.1) is 5.92 Å². The van der Waals surface area contributed by atoms with Crippen molar-refractivity contribution < 1.29 is 37.4 Å². The summed E-state index contributed by atoms with van der Waals surface area (Å²) in [5, 5.41) is 3.40. The summed E-state index contributed by atoms with van der Waals surface area (Å²) in [5.74, 6) is 0.117. The molecule has 2 aliphatic carbocycles. The zero-order valence-corrected chi connectivity index (χ0v) is 20.3. The number of ether oxygens (including phenoxy) is 3. The number of Topliss-reactive ketones (excluding diaryl/α,β-unsaturated/α-hetero) is 2. The van der Waals surface area contributed by atoms with Crippen molar-refractivity contribution in [2.24, 2.45) is 5.92 Å². The van der Waals surface area contributed by atoms with Gasteiger partial charge in [0.15, 0.2) is 17.7 Å². The van der Waals surface area contributed by atoms with E-state index in [1.165, 1.54) is 0 Å². The lowest BCUT2D eigenvalue weighted by atomic mass is 9.82.